The molecule has 0 aliphatic carbocycles. The van der Waals surface area contributed by atoms with E-state index in [0.717, 1.165) is 0 Å². The molecule has 0 radical (unpaired) electrons. The van der Waals surface area contributed by atoms with Gasteiger partial charge in [-0.25, -0.2) is 8.78 Å². The molecule has 5 heteroatoms. The zero-order valence-electron chi connectivity index (χ0n) is 13.5. The first-order chi connectivity index (χ1) is 10.6. The zero-order chi connectivity index (χ0) is 17.1. The minimum atomic E-state index is -0.417. The maximum absolute atomic E-state index is 13.4. The van der Waals surface area contributed by atoms with E-state index in [0.29, 0.717) is 21.6 Å². The number of methoxy groups -OCH3 is 1. The molecular formula is C17H22BrF2NO. The van der Waals surface area contributed by atoms with Crippen molar-refractivity contribution in [1.82, 2.24) is 0 Å². The molecule has 0 aromatic heterocycles. The Kier molecular flexibility index (Phi) is 10.2. The highest BCUT2D eigenvalue weighted by molar-refractivity contribution is 9.10. The first-order valence-corrected chi connectivity index (χ1v) is 7.95. The average Bonchev–Trinajstić information content (AvgIpc) is 2.56. The van der Waals surface area contributed by atoms with Gasteiger partial charge >= 0.3 is 0 Å². The van der Waals surface area contributed by atoms with Gasteiger partial charge in [-0.2, -0.15) is 0 Å². The van der Waals surface area contributed by atoms with E-state index in [1.165, 1.54) is 31.4 Å². The molecule has 0 amide bonds. The Labute approximate surface area is 139 Å². The van der Waals surface area contributed by atoms with Gasteiger partial charge in [-0.1, -0.05) is 27.7 Å². The lowest BCUT2D eigenvalue weighted by molar-refractivity contribution is 0.409. The Morgan fingerprint density at radius 1 is 0.909 bits per heavy atom. The number of nitrogens with one attached hydrogen (secondary N) is 1. The van der Waals surface area contributed by atoms with Crippen molar-refractivity contribution >= 4 is 27.3 Å². The summed E-state index contributed by atoms with van der Waals surface area (Å²) in [5.74, 6) is -0.351. The molecule has 2 aromatic rings. The Morgan fingerprint density at radius 3 is 1.95 bits per heavy atom. The highest BCUT2D eigenvalue weighted by atomic mass is 79.9. The van der Waals surface area contributed by atoms with E-state index in [4.69, 9.17) is 4.74 Å². The second-order valence-corrected chi connectivity index (χ2v) is 4.39. The van der Waals surface area contributed by atoms with Crippen LogP contribution in [0, 0.1) is 11.6 Å². The number of hydrogen-bond donors (Lipinski definition) is 1. The van der Waals surface area contributed by atoms with Crippen LogP contribution in [0.1, 0.15) is 27.7 Å². The summed E-state index contributed by atoms with van der Waals surface area (Å²) in [6.07, 6.45) is 0. The van der Waals surface area contributed by atoms with Crippen LogP contribution < -0.4 is 10.1 Å². The quantitative estimate of drug-likeness (QED) is 0.659. The smallest absolute Gasteiger partial charge is 0.138 e. The maximum atomic E-state index is 13.4. The van der Waals surface area contributed by atoms with Gasteiger partial charge in [0.1, 0.15) is 17.4 Å². The molecule has 22 heavy (non-hydrogen) atoms. The van der Waals surface area contributed by atoms with Crippen molar-refractivity contribution in [3.63, 3.8) is 0 Å². The highest BCUT2D eigenvalue weighted by Gasteiger charge is 2.09. The fourth-order valence-corrected chi connectivity index (χ4v) is 1.98. The van der Waals surface area contributed by atoms with Crippen molar-refractivity contribution < 1.29 is 13.5 Å². The van der Waals surface area contributed by atoms with Gasteiger partial charge < -0.3 is 10.1 Å². The van der Waals surface area contributed by atoms with Crippen LogP contribution >= 0.6 is 15.9 Å². The Balaban J connectivity index is 0.00000102. The van der Waals surface area contributed by atoms with Crippen molar-refractivity contribution in [2.24, 2.45) is 0 Å². The van der Waals surface area contributed by atoms with Gasteiger partial charge in [0.2, 0.25) is 0 Å². The van der Waals surface area contributed by atoms with Crippen molar-refractivity contribution in [2.45, 2.75) is 27.7 Å². The molecule has 2 nitrogen and oxygen atoms in total. The normalized spacial score (nSPS) is 8.91. The SMILES string of the molecule is CC.CC.COc1cc(F)cc(Nc2ccc(F)cc2)c1Br. The number of halogens is 3. The first kappa shape index (κ1) is 20.4. The van der Waals surface area contributed by atoms with Crippen molar-refractivity contribution in [3.8, 4) is 5.75 Å². The summed E-state index contributed by atoms with van der Waals surface area (Å²) < 4.78 is 31.8. The van der Waals surface area contributed by atoms with E-state index in [2.05, 4.69) is 21.2 Å². The predicted octanol–water partition coefficient (Wildman–Crippen LogP) is 6.53. The number of rotatable bonds is 3. The van der Waals surface area contributed by atoms with E-state index < -0.39 is 5.82 Å². The zero-order valence-corrected chi connectivity index (χ0v) is 15.1. The minimum Gasteiger partial charge on any atom is -0.495 e. The molecule has 0 aliphatic heterocycles. The lowest BCUT2D eigenvalue weighted by atomic mass is 10.2. The van der Waals surface area contributed by atoms with Gasteiger partial charge in [0.05, 0.1) is 17.3 Å². The largest absolute Gasteiger partial charge is 0.495 e. The van der Waals surface area contributed by atoms with Gasteiger partial charge in [-0.15, -0.1) is 0 Å². The standard InChI is InChI=1S/C13H10BrF2NO.2C2H6/c1-18-12-7-9(16)6-11(13(12)14)17-10-4-2-8(15)3-5-10;2*1-2/h2-7,17H,1H3;2*1-2H3. The number of ether oxygens (including phenoxy) is 1. The Hall–Kier alpha value is -1.62. The van der Waals surface area contributed by atoms with E-state index in [9.17, 15) is 8.78 Å². The van der Waals surface area contributed by atoms with Crippen molar-refractivity contribution in [1.29, 1.82) is 0 Å². The molecule has 0 bridgehead atoms. The molecule has 0 saturated carbocycles. The van der Waals surface area contributed by atoms with Gasteiger partial charge in [-0.3, -0.25) is 0 Å². The van der Waals surface area contributed by atoms with E-state index in [1.54, 1.807) is 12.1 Å². The molecule has 0 fully saturated rings. The molecule has 0 heterocycles. The van der Waals surface area contributed by atoms with Crippen LogP contribution in [-0.4, -0.2) is 7.11 Å². The van der Waals surface area contributed by atoms with Crippen molar-refractivity contribution in [3.05, 3.63) is 52.5 Å². The predicted molar refractivity (Wildman–Crippen MR) is 93.0 cm³/mol. The molecule has 122 valence electrons. The molecule has 0 saturated heterocycles. The van der Waals surface area contributed by atoms with Gasteiger partial charge in [0, 0.05) is 11.8 Å². The van der Waals surface area contributed by atoms with Gasteiger partial charge in [0.25, 0.3) is 0 Å². The van der Waals surface area contributed by atoms with E-state index in [-0.39, 0.29) is 5.82 Å². The van der Waals surface area contributed by atoms with Crippen molar-refractivity contribution in [2.75, 3.05) is 12.4 Å². The molecular weight excluding hydrogens is 352 g/mol. The monoisotopic (exact) mass is 373 g/mol. The third kappa shape index (κ3) is 6.02. The van der Waals surface area contributed by atoms with Crippen LogP contribution in [0.5, 0.6) is 5.75 Å². The van der Waals surface area contributed by atoms with Gasteiger partial charge in [0.15, 0.2) is 0 Å². The maximum Gasteiger partial charge on any atom is 0.138 e. The van der Waals surface area contributed by atoms with Gasteiger partial charge in [-0.05, 0) is 46.3 Å². The first-order valence-electron chi connectivity index (χ1n) is 7.16. The second-order valence-electron chi connectivity index (χ2n) is 3.60. The Morgan fingerprint density at radius 2 is 1.45 bits per heavy atom. The lowest BCUT2D eigenvalue weighted by Crippen LogP contribution is -1.95. The van der Waals surface area contributed by atoms with E-state index in [1.807, 2.05) is 27.7 Å². The minimum absolute atomic E-state index is 0.323. The van der Waals surface area contributed by atoms with Crippen LogP contribution in [-0.2, 0) is 0 Å². The number of hydrogen-bond acceptors (Lipinski definition) is 2. The average molecular weight is 374 g/mol. The number of anilines is 2. The Bertz CT molecular complexity index is 559. The molecule has 0 spiro atoms. The highest BCUT2D eigenvalue weighted by Crippen LogP contribution is 2.35. The molecule has 0 unspecified atom stereocenters. The summed E-state index contributed by atoms with van der Waals surface area (Å²) in [7, 11) is 1.46. The van der Waals surface area contributed by atoms with E-state index >= 15 is 0 Å². The lowest BCUT2D eigenvalue weighted by Gasteiger charge is -2.11. The fourth-order valence-electron chi connectivity index (χ4n) is 1.49. The van der Waals surface area contributed by atoms with Crippen LogP contribution in [0.25, 0.3) is 0 Å². The third-order valence-corrected chi connectivity index (χ3v) is 3.17. The van der Waals surface area contributed by atoms with Crippen LogP contribution in [0.3, 0.4) is 0 Å². The topological polar surface area (TPSA) is 21.3 Å². The summed E-state index contributed by atoms with van der Waals surface area (Å²) >= 11 is 3.32. The van der Waals surface area contributed by atoms with Crippen LogP contribution in [0.2, 0.25) is 0 Å². The van der Waals surface area contributed by atoms with Crippen LogP contribution in [0.4, 0.5) is 20.2 Å². The van der Waals surface area contributed by atoms with Crippen LogP contribution in [0.15, 0.2) is 40.9 Å². The third-order valence-electron chi connectivity index (χ3n) is 2.35. The summed E-state index contributed by atoms with van der Waals surface area (Å²) in [6.45, 7) is 8.00. The molecule has 0 aliphatic rings. The molecule has 2 rings (SSSR count). The molecule has 0 atom stereocenters. The number of benzene rings is 2. The fraction of sp³-hybridized carbons (Fsp3) is 0.294. The molecule has 2 aromatic carbocycles. The summed E-state index contributed by atoms with van der Waals surface area (Å²) in [5.41, 5.74) is 1.17. The summed E-state index contributed by atoms with van der Waals surface area (Å²) in [5, 5.41) is 2.98. The summed E-state index contributed by atoms with van der Waals surface area (Å²) in [6, 6.07) is 8.40. The summed E-state index contributed by atoms with van der Waals surface area (Å²) in [4.78, 5) is 0. The second kappa shape index (κ2) is 11.0. The molecule has 1 N–H and O–H groups in total.